The Morgan fingerprint density at radius 2 is 1.79 bits per heavy atom. The minimum absolute atomic E-state index is 0.0822. The molecule has 0 saturated heterocycles. The van der Waals surface area contributed by atoms with E-state index in [1.165, 1.54) is 24.5 Å². The van der Waals surface area contributed by atoms with Crippen LogP contribution in [0, 0.1) is 12.7 Å². The molecule has 0 amide bonds. The lowest BCUT2D eigenvalue weighted by Gasteiger charge is -2.10. The first-order valence-electron chi connectivity index (χ1n) is 9.93. The van der Waals surface area contributed by atoms with Gasteiger partial charge in [-0.2, -0.15) is 18.3 Å². The summed E-state index contributed by atoms with van der Waals surface area (Å²) in [7, 11) is 0. The molecule has 0 aliphatic rings. The van der Waals surface area contributed by atoms with Gasteiger partial charge in [0.2, 0.25) is 5.95 Å². The molecule has 2 N–H and O–H groups in total. The van der Waals surface area contributed by atoms with Gasteiger partial charge in [-0.3, -0.25) is 9.97 Å². The molecule has 172 valence electrons. The number of nitrogens with one attached hydrogen (secondary N) is 2. The summed E-state index contributed by atoms with van der Waals surface area (Å²) >= 11 is 0. The molecule has 7 nitrogen and oxygen atoms in total. The van der Waals surface area contributed by atoms with Gasteiger partial charge >= 0.3 is 6.18 Å². The fourth-order valence-electron chi connectivity index (χ4n) is 3.00. The standard InChI is InChI=1S/C23H17F4N7/c1-14-19(6-3-9-28-14)21-20(24)13-30-22(33-21)34-31-12-17-7-8-18(11-29-17)32-16-5-2-4-15(10-16)23(25,26)27/h2-13,32H,1H3,(H,30,33,34)/b31-12+. The molecule has 0 aliphatic carbocycles. The number of hydrogen-bond acceptors (Lipinski definition) is 7. The number of halogens is 4. The number of hydrogen-bond donors (Lipinski definition) is 2. The minimum Gasteiger partial charge on any atom is -0.354 e. The number of aryl methyl sites for hydroxylation is 1. The summed E-state index contributed by atoms with van der Waals surface area (Å²) in [6.07, 6.45) is 1.08. The van der Waals surface area contributed by atoms with Crippen LogP contribution in [0.2, 0.25) is 0 Å². The molecule has 4 rings (SSSR count). The zero-order valence-electron chi connectivity index (χ0n) is 17.7. The monoisotopic (exact) mass is 467 g/mol. The summed E-state index contributed by atoms with van der Waals surface area (Å²) in [6.45, 7) is 1.75. The summed E-state index contributed by atoms with van der Waals surface area (Å²) in [5.74, 6) is -0.505. The maximum Gasteiger partial charge on any atom is 0.416 e. The fraction of sp³-hybridized carbons (Fsp3) is 0.0870. The largest absolute Gasteiger partial charge is 0.416 e. The second kappa shape index (κ2) is 9.61. The fourth-order valence-corrected chi connectivity index (χ4v) is 3.00. The Hall–Kier alpha value is -4.41. The van der Waals surface area contributed by atoms with E-state index in [0.29, 0.717) is 22.6 Å². The third-order valence-electron chi connectivity index (χ3n) is 4.63. The predicted octanol–water partition coefficient (Wildman–Crippen LogP) is 5.59. The molecular weight excluding hydrogens is 450 g/mol. The molecule has 34 heavy (non-hydrogen) atoms. The van der Waals surface area contributed by atoms with Crippen LogP contribution in [0.1, 0.15) is 17.0 Å². The van der Waals surface area contributed by atoms with Gasteiger partial charge in [-0.1, -0.05) is 6.07 Å². The third kappa shape index (κ3) is 5.49. The minimum atomic E-state index is -4.42. The molecule has 0 atom stereocenters. The summed E-state index contributed by atoms with van der Waals surface area (Å²) in [5, 5.41) is 6.88. The number of anilines is 3. The van der Waals surface area contributed by atoms with Gasteiger partial charge in [0.05, 0.1) is 35.6 Å². The van der Waals surface area contributed by atoms with Crippen molar-refractivity contribution < 1.29 is 17.6 Å². The normalized spacial score (nSPS) is 11.6. The van der Waals surface area contributed by atoms with Crippen molar-refractivity contribution in [1.29, 1.82) is 0 Å². The molecule has 0 unspecified atom stereocenters. The second-order valence-corrected chi connectivity index (χ2v) is 7.07. The van der Waals surface area contributed by atoms with E-state index in [4.69, 9.17) is 0 Å². The van der Waals surface area contributed by atoms with Crippen molar-refractivity contribution in [3.8, 4) is 11.3 Å². The van der Waals surface area contributed by atoms with Gasteiger partial charge in [0.15, 0.2) is 5.82 Å². The first kappa shape index (κ1) is 22.8. The number of pyridine rings is 2. The Labute approximate surface area is 191 Å². The Morgan fingerprint density at radius 3 is 2.53 bits per heavy atom. The maximum absolute atomic E-state index is 14.2. The SMILES string of the molecule is Cc1ncccc1-c1nc(N/N=C/c2ccc(Nc3cccc(C(F)(F)F)c3)cn2)ncc1F. The third-order valence-corrected chi connectivity index (χ3v) is 4.63. The molecule has 3 aromatic heterocycles. The van der Waals surface area contributed by atoms with Gasteiger partial charge in [-0.15, -0.1) is 0 Å². The molecule has 4 aromatic rings. The summed E-state index contributed by atoms with van der Waals surface area (Å²) < 4.78 is 52.8. The lowest BCUT2D eigenvalue weighted by atomic mass is 10.1. The van der Waals surface area contributed by atoms with E-state index in [1.54, 1.807) is 37.4 Å². The molecule has 0 radical (unpaired) electrons. The maximum atomic E-state index is 14.2. The smallest absolute Gasteiger partial charge is 0.354 e. The van der Waals surface area contributed by atoms with Gasteiger partial charge in [-0.05, 0) is 49.4 Å². The summed E-state index contributed by atoms with van der Waals surface area (Å²) in [4.78, 5) is 16.3. The Balaban J connectivity index is 1.42. The van der Waals surface area contributed by atoms with E-state index in [2.05, 4.69) is 35.8 Å². The Bertz CT molecular complexity index is 1320. The number of hydrazone groups is 1. The molecule has 3 heterocycles. The van der Waals surface area contributed by atoms with Crippen LogP contribution in [0.25, 0.3) is 11.3 Å². The average molecular weight is 467 g/mol. The average Bonchev–Trinajstić information content (AvgIpc) is 2.81. The topological polar surface area (TPSA) is 88.0 Å². The van der Waals surface area contributed by atoms with E-state index in [9.17, 15) is 17.6 Å². The summed E-state index contributed by atoms with van der Waals surface area (Å²) in [5.41, 5.74) is 4.39. The number of nitrogens with zero attached hydrogens (tertiary/aromatic N) is 5. The van der Waals surface area contributed by atoms with Crippen molar-refractivity contribution in [3.05, 3.63) is 89.9 Å². The van der Waals surface area contributed by atoms with Crippen LogP contribution in [-0.4, -0.2) is 26.2 Å². The highest BCUT2D eigenvalue weighted by Gasteiger charge is 2.30. The van der Waals surface area contributed by atoms with Crippen molar-refractivity contribution in [2.75, 3.05) is 10.7 Å². The van der Waals surface area contributed by atoms with Crippen LogP contribution in [0.4, 0.5) is 34.9 Å². The molecule has 1 aromatic carbocycles. The van der Waals surface area contributed by atoms with E-state index in [0.717, 1.165) is 18.3 Å². The number of aromatic nitrogens is 4. The number of benzene rings is 1. The summed E-state index contributed by atoms with van der Waals surface area (Å²) in [6, 6.07) is 11.5. The van der Waals surface area contributed by atoms with Crippen LogP contribution in [0.5, 0.6) is 0 Å². The zero-order valence-corrected chi connectivity index (χ0v) is 17.7. The molecule has 0 spiro atoms. The van der Waals surface area contributed by atoms with Crippen molar-refractivity contribution >= 4 is 23.5 Å². The van der Waals surface area contributed by atoms with E-state index < -0.39 is 17.6 Å². The molecule has 0 bridgehead atoms. The Kier molecular flexibility index (Phi) is 6.44. The van der Waals surface area contributed by atoms with Crippen LogP contribution >= 0.6 is 0 Å². The van der Waals surface area contributed by atoms with Crippen LogP contribution < -0.4 is 10.7 Å². The zero-order chi connectivity index (χ0) is 24.1. The van der Waals surface area contributed by atoms with Gasteiger partial charge in [-0.25, -0.2) is 19.8 Å². The van der Waals surface area contributed by atoms with E-state index in [1.807, 2.05) is 0 Å². The molecule has 11 heteroatoms. The van der Waals surface area contributed by atoms with Crippen molar-refractivity contribution in [1.82, 2.24) is 19.9 Å². The molecule has 0 fully saturated rings. The molecule has 0 aliphatic heterocycles. The van der Waals surface area contributed by atoms with E-state index >= 15 is 0 Å². The van der Waals surface area contributed by atoms with Crippen molar-refractivity contribution in [3.63, 3.8) is 0 Å². The van der Waals surface area contributed by atoms with Gasteiger partial charge in [0.25, 0.3) is 0 Å². The highest BCUT2D eigenvalue weighted by molar-refractivity contribution is 5.78. The number of rotatable bonds is 6. The first-order valence-corrected chi connectivity index (χ1v) is 9.93. The molecular formula is C23H17F4N7. The van der Waals surface area contributed by atoms with E-state index in [-0.39, 0.29) is 17.3 Å². The quantitative estimate of drug-likeness (QED) is 0.218. The number of alkyl halides is 3. The van der Waals surface area contributed by atoms with Crippen LogP contribution in [0.15, 0.2) is 72.2 Å². The van der Waals surface area contributed by atoms with Gasteiger partial charge in [0.1, 0.15) is 5.69 Å². The highest BCUT2D eigenvalue weighted by atomic mass is 19.4. The van der Waals surface area contributed by atoms with Crippen LogP contribution in [-0.2, 0) is 6.18 Å². The highest BCUT2D eigenvalue weighted by Crippen LogP contribution is 2.31. The lowest BCUT2D eigenvalue weighted by Crippen LogP contribution is -2.05. The molecule has 0 saturated carbocycles. The van der Waals surface area contributed by atoms with Gasteiger partial charge in [0, 0.05) is 23.1 Å². The lowest BCUT2D eigenvalue weighted by molar-refractivity contribution is -0.137. The second-order valence-electron chi connectivity index (χ2n) is 7.07. The predicted molar refractivity (Wildman–Crippen MR) is 120 cm³/mol. The van der Waals surface area contributed by atoms with Crippen LogP contribution in [0.3, 0.4) is 0 Å². The van der Waals surface area contributed by atoms with Gasteiger partial charge < -0.3 is 5.32 Å². The Morgan fingerprint density at radius 1 is 0.941 bits per heavy atom. The first-order chi connectivity index (χ1) is 16.3. The van der Waals surface area contributed by atoms with Crippen molar-refractivity contribution in [2.24, 2.45) is 5.10 Å². The van der Waals surface area contributed by atoms with Crippen molar-refractivity contribution in [2.45, 2.75) is 13.1 Å².